The first-order valence-corrected chi connectivity index (χ1v) is 5.99. The Morgan fingerprint density at radius 2 is 2.27 bits per heavy atom. The molecule has 1 saturated heterocycles. The molecule has 0 spiro atoms. The van der Waals surface area contributed by atoms with Crippen molar-refractivity contribution in [2.75, 3.05) is 18.0 Å². The van der Waals surface area contributed by atoms with Crippen LogP contribution in [0.3, 0.4) is 0 Å². The number of pyridine rings is 1. The zero-order valence-corrected chi connectivity index (χ0v) is 10.2. The summed E-state index contributed by atoms with van der Waals surface area (Å²) in [4.78, 5) is 6.51. The third kappa shape index (κ3) is 2.56. The third-order valence-corrected chi connectivity index (χ3v) is 3.69. The second-order valence-electron chi connectivity index (χ2n) is 4.06. The number of hydrogen-bond donors (Lipinski definition) is 0. The Hall–Kier alpha value is -0.470. The molecule has 0 amide bonds. The zero-order chi connectivity index (χ0) is 10.8. The van der Waals surface area contributed by atoms with Gasteiger partial charge in [-0.15, -0.1) is 11.6 Å². The van der Waals surface area contributed by atoms with Crippen molar-refractivity contribution in [3.05, 3.63) is 23.4 Å². The van der Waals surface area contributed by atoms with E-state index in [1.54, 1.807) is 6.20 Å². The van der Waals surface area contributed by atoms with Crippen LogP contribution in [0.1, 0.15) is 13.3 Å². The first-order chi connectivity index (χ1) is 7.16. The van der Waals surface area contributed by atoms with Crippen LogP contribution in [0.4, 0.5) is 5.82 Å². The maximum Gasteiger partial charge on any atom is 0.128 e. The summed E-state index contributed by atoms with van der Waals surface area (Å²) in [5.41, 5.74) is 0. The quantitative estimate of drug-likeness (QED) is 0.706. The molecular weight excluding hydrogens is 231 g/mol. The van der Waals surface area contributed by atoms with Crippen LogP contribution in [0.25, 0.3) is 0 Å². The van der Waals surface area contributed by atoms with Crippen LogP contribution < -0.4 is 4.90 Å². The Labute approximate surface area is 100 Å². The molecule has 2 unspecified atom stereocenters. The molecule has 4 heteroatoms. The summed E-state index contributed by atoms with van der Waals surface area (Å²) in [5, 5.41) is 0.891. The lowest BCUT2D eigenvalue weighted by atomic mass is 9.99. The second-order valence-corrected chi connectivity index (χ2v) is 5.06. The summed E-state index contributed by atoms with van der Waals surface area (Å²) in [6, 6.07) is 3.81. The van der Waals surface area contributed by atoms with Gasteiger partial charge in [-0.05, 0) is 24.5 Å². The molecule has 2 nitrogen and oxygen atoms in total. The molecule has 82 valence electrons. The van der Waals surface area contributed by atoms with E-state index in [1.807, 2.05) is 12.1 Å². The van der Waals surface area contributed by atoms with Crippen LogP contribution >= 0.6 is 23.2 Å². The molecule has 2 atom stereocenters. The van der Waals surface area contributed by atoms with Gasteiger partial charge in [-0.2, -0.15) is 0 Å². The Balaban J connectivity index is 2.08. The number of anilines is 1. The summed E-state index contributed by atoms with van der Waals surface area (Å²) < 4.78 is 0. The number of hydrogen-bond acceptors (Lipinski definition) is 2. The standard InChI is InChI=1S/C11H14Cl2N2/c1-8-4-5-15(7-10(8)13)11-3-2-9(12)6-14-11/h2-3,6,8,10H,4-5,7H2,1H3. The molecule has 1 fully saturated rings. The van der Waals surface area contributed by atoms with Crippen molar-refractivity contribution in [1.82, 2.24) is 4.98 Å². The summed E-state index contributed by atoms with van der Waals surface area (Å²) in [6.07, 6.45) is 2.80. The Kier molecular flexibility index (Phi) is 3.37. The molecule has 1 aromatic heterocycles. The average molecular weight is 245 g/mol. The van der Waals surface area contributed by atoms with E-state index in [9.17, 15) is 0 Å². The molecule has 0 saturated carbocycles. The number of halogens is 2. The van der Waals surface area contributed by atoms with Crippen LogP contribution in [-0.4, -0.2) is 23.5 Å². The summed E-state index contributed by atoms with van der Waals surface area (Å²) in [7, 11) is 0. The third-order valence-electron chi connectivity index (χ3n) is 2.90. The monoisotopic (exact) mass is 244 g/mol. The van der Waals surface area contributed by atoms with Crippen molar-refractivity contribution < 1.29 is 0 Å². The van der Waals surface area contributed by atoms with Gasteiger partial charge in [0.15, 0.2) is 0 Å². The van der Waals surface area contributed by atoms with E-state index in [2.05, 4.69) is 16.8 Å². The maximum absolute atomic E-state index is 6.25. The molecule has 2 heterocycles. The molecule has 0 aromatic carbocycles. The van der Waals surface area contributed by atoms with Gasteiger partial charge in [0.2, 0.25) is 0 Å². The van der Waals surface area contributed by atoms with Crippen molar-refractivity contribution in [2.45, 2.75) is 18.7 Å². The summed E-state index contributed by atoms with van der Waals surface area (Å²) >= 11 is 12.0. The number of aromatic nitrogens is 1. The van der Waals surface area contributed by atoms with Crippen molar-refractivity contribution >= 4 is 29.0 Å². The lowest BCUT2D eigenvalue weighted by Crippen LogP contribution is -2.40. The van der Waals surface area contributed by atoms with E-state index in [0.717, 1.165) is 25.3 Å². The van der Waals surface area contributed by atoms with Crippen molar-refractivity contribution in [3.8, 4) is 0 Å². The van der Waals surface area contributed by atoms with E-state index in [1.165, 1.54) is 0 Å². The van der Waals surface area contributed by atoms with Crippen LogP contribution in [0.5, 0.6) is 0 Å². The lowest BCUT2D eigenvalue weighted by Gasteiger charge is -2.34. The van der Waals surface area contributed by atoms with Gasteiger partial charge in [-0.1, -0.05) is 18.5 Å². The largest absolute Gasteiger partial charge is 0.355 e. The smallest absolute Gasteiger partial charge is 0.128 e. The molecule has 1 aliphatic heterocycles. The van der Waals surface area contributed by atoms with Crippen molar-refractivity contribution in [3.63, 3.8) is 0 Å². The van der Waals surface area contributed by atoms with Crippen LogP contribution in [0.2, 0.25) is 5.02 Å². The first kappa shape index (κ1) is 11.0. The molecule has 0 radical (unpaired) electrons. The number of piperidine rings is 1. The maximum atomic E-state index is 6.25. The number of nitrogens with zero attached hydrogens (tertiary/aromatic N) is 2. The molecule has 0 bridgehead atoms. The Bertz CT molecular complexity index is 326. The summed E-state index contributed by atoms with van der Waals surface area (Å²) in [6.45, 7) is 4.10. The fourth-order valence-corrected chi connectivity index (χ4v) is 2.19. The highest BCUT2D eigenvalue weighted by Crippen LogP contribution is 2.25. The van der Waals surface area contributed by atoms with Gasteiger partial charge in [0.05, 0.1) is 10.4 Å². The van der Waals surface area contributed by atoms with E-state index in [4.69, 9.17) is 23.2 Å². The minimum absolute atomic E-state index is 0.219. The highest BCUT2D eigenvalue weighted by Gasteiger charge is 2.24. The second kappa shape index (κ2) is 4.58. The lowest BCUT2D eigenvalue weighted by molar-refractivity contribution is 0.444. The molecule has 1 aliphatic rings. The number of rotatable bonds is 1. The van der Waals surface area contributed by atoms with Crippen molar-refractivity contribution in [2.24, 2.45) is 5.92 Å². The van der Waals surface area contributed by atoms with E-state index in [-0.39, 0.29) is 5.38 Å². The van der Waals surface area contributed by atoms with E-state index >= 15 is 0 Å². The molecule has 0 N–H and O–H groups in total. The fourth-order valence-electron chi connectivity index (χ4n) is 1.79. The fraction of sp³-hybridized carbons (Fsp3) is 0.545. The van der Waals surface area contributed by atoms with Gasteiger partial charge >= 0.3 is 0 Å². The average Bonchev–Trinajstić information content (AvgIpc) is 2.23. The molecular formula is C11H14Cl2N2. The van der Waals surface area contributed by atoms with Gasteiger partial charge in [0.25, 0.3) is 0 Å². The van der Waals surface area contributed by atoms with Gasteiger partial charge in [-0.25, -0.2) is 4.98 Å². The van der Waals surface area contributed by atoms with Crippen LogP contribution in [0, 0.1) is 5.92 Å². The molecule has 15 heavy (non-hydrogen) atoms. The highest BCUT2D eigenvalue weighted by atomic mass is 35.5. The molecule has 0 aliphatic carbocycles. The molecule has 2 rings (SSSR count). The topological polar surface area (TPSA) is 16.1 Å². The highest BCUT2D eigenvalue weighted by molar-refractivity contribution is 6.30. The minimum atomic E-state index is 0.219. The van der Waals surface area contributed by atoms with Crippen LogP contribution in [-0.2, 0) is 0 Å². The first-order valence-electron chi connectivity index (χ1n) is 5.17. The van der Waals surface area contributed by atoms with Gasteiger partial charge in [-0.3, -0.25) is 0 Å². The Morgan fingerprint density at radius 3 is 2.87 bits per heavy atom. The predicted octanol–water partition coefficient (Wildman–Crippen LogP) is 3.19. The van der Waals surface area contributed by atoms with Gasteiger partial charge in [0.1, 0.15) is 5.82 Å². The zero-order valence-electron chi connectivity index (χ0n) is 8.66. The van der Waals surface area contributed by atoms with Crippen LogP contribution in [0.15, 0.2) is 18.3 Å². The predicted molar refractivity (Wildman–Crippen MR) is 64.9 cm³/mol. The van der Waals surface area contributed by atoms with E-state index < -0.39 is 0 Å². The Morgan fingerprint density at radius 1 is 1.47 bits per heavy atom. The van der Waals surface area contributed by atoms with Gasteiger partial charge in [0, 0.05) is 19.3 Å². The molecule has 1 aromatic rings. The van der Waals surface area contributed by atoms with Gasteiger partial charge < -0.3 is 4.90 Å². The SMILES string of the molecule is CC1CCN(c2ccc(Cl)cn2)CC1Cl. The summed E-state index contributed by atoms with van der Waals surface area (Å²) in [5.74, 6) is 1.56. The number of alkyl halides is 1. The van der Waals surface area contributed by atoms with E-state index in [0.29, 0.717) is 10.9 Å². The minimum Gasteiger partial charge on any atom is -0.355 e. The van der Waals surface area contributed by atoms with Crippen molar-refractivity contribution in [1.29, 1.82) is 0 Å². The normalized spacial score (nSPS) is 26.7.